The van der Waals surface area contributed by atoms with E-state index in [4.69, 9.17) is 4.74 Å². The summed E-state index contributed by atoms with van der Waals surface area (Å²) < 4.78 is 6.19. The van der Waals surface area contributed by atoms with Gasteiger partial charge in [0.2, 0.25) is 0 Å². The van der Waals surface area contributed by atoms with E-state index in [1.165, 1.54) is 29.8 Å². The number of hydrogen-bond acceptors (Lipinski definition) is 6. The zero-order chi connectivity index (χ0) is 25.8. The third-order valence-electron chi connectivity index (χ3n) is 6.59. The number of carbonyl (C=O) groups excluding carboxylic acids is 2. The molecular weight excluding hydrogens is 482 g/mol. The number of imide groups is 1. The molecule has 0 aliphatic carbocycles. The molecule has 2 amide bonds. The van der Waals surface area contributed by atoms with Crippen LogP contribution in [0.25, 0.3) is 11.8 Å². The SMILES string of the molecule is CCN1C(=O)SC(=C2C=C(C(C#N)=Cc3ccc(N4CCCCC4)cc3)OC(c3ccccc3)=C2)C1=O. The average molecular weight is 510 g/mol. The molecule has 3 aliphatic rings. The zero-order valence-electron chi connectivity index (χ0n) is 20.6. The summed E-state index contributed by atoms with van der Waals surface area (Å²) in [4.78, 5) is 29.2. The number of allylic oxidation sites excluding steroid dienone is 4. The molecule has 6 nitrogen and oxygen atoms in total. The standard InChI is InChI=1S/C30H27N3O3S/c1-2-33-29(34)28(37-30(33)35)23-18-26(22-9-5-3-6-10-22)36-27(19-23)24(20-31)17-21-11-13-25(14-12-21)32-15-7-4-8-16-32/h3,5-6,9-14,17-19H,2,4,7-8,15-16H2,1H3. The van der Waals surface area contributed by atoms with Crippen LogP contribution in [0, 0.1) is 11.3 Å². The van der Waals surface area contributed by atoms with E-state index in [1.807, 2.05) is 42.5 Å². The van der Waals surface area contributed by atoms with Gasteiger partial charge < -0.3 is 9.64 Å². The van der Waals surface area contributed by atoms with Gasteiger partial charge in [-0.15, -0.1) is 0 Å². The number of ether oxygens (including phenoxy) is 1. The second-order valence-corrected chi connectivity index (χ2v) is 9.96. The van der Waals surface area contributed by atoms with Crippen LogP contribution < -0.4 is 4.90 Å². The summed E-state index contributed by atoms with van der Waals surface area (Å²) in [6.45, 7) is 4.22. The monoisotopic (exact) mass is 509 g/mol. The largest absolute Gasteiger partial charge is 0.455 e. The van der Waals surface area contributed by atoms with E-state index in [-0.39, 0.29) is 11.1 Å². The number of rotatable bonds is 5. The van der Waals surface area contributed by atoms with Crippen molar-refractivity contribution in [2.45, 2.75) is 26.2 Å². The van der Waals surface area contributed by atoms with Gasteiger partial charge in [0.05, 0.1) is 10.5 Å². The number of piperidine rings is 1. The van der Waals surface area contributed by atoms with E-state index in [9.17, 15) is 14.9 Å². The predicted molar refractivity (Wildman–Crippen MR) is 147 cm³/mol. The third-order valence-corrected chi connectivity index (χ3v) is 7.60. The number of benzene rings is 2. The molecule has 7 heteroatoms. The van der Waals surface area contributed by atoms with Crippen molar-refractivity contribution in [2.75, 3.05) is 24.5 Å². The molecule has 0 spiro atoms. The van der Waals surface area contributed by atoms with Gasteiger partial charge in [0.15, 0.2) is 0 Å². The Balaban J connectivity index is 1.51. The molecular formula is C30H27N3O3S. The van der Waals surface area contributed by atoms with Gasteiger partial charge in [-0.2, -0.15) is 5.26 Å². The molecule has 37 heavy (non-hydrogen) atoms. The Kier molecular flexibility index (Phi) is 7.29. The maximum absolute atomic E-state index is 12.9. The molecule has 0 aromatic heterocycles. The Bertz CT molecular complexity index is 1380. The van der Waals surface area contributed by atoms with E-state index in [1.54, 1.807) is 25.2 Å². The van der Waals surface area contributed by atoms with E-state index < -0.39 is 0 Å². The molecule has 0 radical (unpaired) electrons. The lowest BCUT2D eigenvalue weighted by atomic mass is 10.0. The van der Waals surface area contributed by atoms with Gasteiger partial charge in [-0.3, -0.25) is 14.5 Å². The fraction of sp³-hybridized carbons (Fsp3) is 0.233. The maximum atomic E-state index is 12.9. The van der Waals surface area contributed by atoms with Crippen molar-refractivity contribution in [1.82, 2.24) is 4.90 Å². The Morgan fingerprint density at radius 1 is 1.03 bits per heavy atom. The number of amides is 2. The van der Waals surface area contributed by atoms with Crippen LogP contribution in [0.4, 0.5) is 10.5 Å². The van der Waals surface area contributed by atoms with Crippen molar-refractivity contribution >= 4 is 40.4 Å². The van der Waals surface area contributed by atoms with Gasteiger partial charge in [-0.05, 0) is 73.9 Å². The first-order valence-electron chi connectivity index (χ1n) is 12.5. The summed E-state index contributed by atoms with van der Waals surface area (Å²) in [5, 5.41) is 9.77. The highest BCUT2D eigenvalue weighted by atomic mass is 32.2. The van der Waals surface area contributed by atoms with Crippen LogP contribution in [0.3, 0.4) is 0 Å². The number of nitrogens with zero attached hydrogens (tertiary/aromatic N) is 3. The van der Waals surface area contributed by atoms with Crippen LogP contribution in [0.15, 0.2) is 88.6 Å². The number of likely N-dealkylation sites (N-methyl/N-ethyl adjacent to an activating group) is 1. The third kappa shape index (κ3) is 5.25. The van der Waals surface area contributed by atoms with Crippen molar-refractivity contribution in [3.05, 3.63) is 99.7 Å². The zero-order valence-corrected chi connectivity index (χ0v) is 21.5. The highest BCUT2D eigenvalue weighted by Gasteiger charge is 2.36. The second kappa shape index (κ2) is 10.9. The molecule has 186 valence electrons. The van der Waals surface area contributed by atoms with E-state index in [0.717, 1.165) is 36.0 Å². The highest BCUT2D eigenvalue weighted by molar-refractivity contribution is 8.18. The summed E-state index contributed by atoms with van der Waals surface area (Å²) in [5.41, 5.74) is 3.76. The fourth-order valence-electron chi connectivity index (χ4n) is 4.62. The number of thioether (sulfide) groups is 1. The lowest BCUT2D eigenvalue weighted by Gasteiger charge is -2.28. The van der Waals surface area contributed by atoms with E-state index in [2.05, 4.69) is 23.1 Å². The summed E-state index contributed by atoms with van der Waals surface area (Å²) in [6.07, 6.45) is 8.93. The first kappa shape index (κ1) is 24.7. The summed E-state index contributed by atoms with van der Waals surface area (Å²) in [5.74, 6) is 0.518. The minimum absolute atomic E-state index is 0.295. The molecule has 3 heterocycles. The van der Waals surface area contributed by atoms with Crippen molar-refractivity contribution < 1.29 is 14.3 Å². The number of hydrogen-bond donors (Lipinski definition) is 0. The fourth-order valence-corrected chi connectivity index (χ4v) is 5.55. The molecule has 0 unspecified atom stereocenters. The Hall–Kier alpha value is -4.02. The van der Waals surface area contributed by atoms with Crippen LogP contribution in [0.1, 0.15) is 37.3 Å². The predicted octanol–water partition coefficient (Wildman–Crippen LogP) is 6.51. The summed E-state index contributed by atoms with van der Waals surface area (Å²) >= 11 is 0.916. The molecule has 5 rings (SSSR count). The molecule has 0 atom stereocenters. The maximum Gasteiger partial charge on any atom is 0.293 e. The molecule has 2 fully saturated rings. The van der Waals surface area contributed by atoms with E-state index in [0.29, 0.717) is 34.1 Å². The van der Waals surface area contributed by atoms with Crippen molar-refractivity contribution in [1.29, 1.82) is 5.26 Å². The van der Waals surface area contributed by atoms with Gasteiger partial charge in [0.25, 0.3) is 11.1 Å². The number of anilines is 1. The summed E-state index contributed by atoms with van der Waals surface area (Å²) in [6, 6.07) is 20.0. The van der Waals surface area contributed by atoms with Crippen molar-refractivity contribution in [2.24, 2.45) is 0 Å². The minimum Gasteiger partial charge on any atom is -0.455 e. The van der Waals surface area contributed by atoms with E-state index >= 15 is 0 Å². The van der Waals surface area contributed by atoms with Gasteiger partial charge in [-0.1, -0.05) is 42.5 Å². The Morgan fingerprint density at radius 3 is 2.41 bits per heavy atom. The smallest absolute Gasteiger partial charge is 0.293 e. The summed E-state index contributed by atoms with van der Waals surface area (Å²) in [7, 11) is 0. The second-order valence-electron chi connectivity index (χ2n) is 9.00. The minimum atomic E-state index is -0.329. The van der Waals surface area contributed by atoms with Crippen LogP contribution in [-0.4, -0.2) is 35.7 Å². The van der Waals surface area contributed by atoms with Crippen molar-refractivity contribution in [3.63, 3.8) is 0 Å². The lowest BCUT2D eigenvalue weighted by Crippen LogP contribution is -2.29. The first-order chi connectivity index (χ1) is 18.1. The first-order valence-corrected chi connectivity index (χ1v) is 13.3. The molecule has 0 N–H and O–H groups in total. The Labute approximate surface area is 221 Å². The Morgan fingerprint density at radius 2 is 1.76 bits per heavy atom. The van der Waals surface area contributed by atoms with Gasteiger partial charge in [0.1, 0.15) is 17.6 Å². The molecule has 2 aromatic rings. The average Bonchev–Trinajstić information content (AvgIpc) is 3.25. The van der Waals surface area contributed by atoms with Gasteiger partial charge in [0, 0.05) is 36.5 Å². The topological polar surface area (TPSA) is 73.6 Å². The number of carbonyl (C=O) groups is 2. The highest BCUT2D eigenvalue weighted by Crippen LogP contribution is 2.39. The van der Waals surface area contributed by atoms with Gasteiger partial charge in [-0.25, -0.2) is 0 Å². The number of nitriles is 1. The lowest BCUT2D eigenvalue weighted by molar-refractivity contribution is -0.122. The molecule has 2 saturated heterocycles. The molecule has 3 aliphatic heterocycles. The van der Waals surface area contributed by atoms with Crippen LogP contribution >= 0.6 is 11.8 Å². The molecule has 0 saturated carbocycles. The van der Waals surface area contributed by atoms with Crippen LogP contribution in [0.2, 0.25) is 0 Å². The van der Waals surface area contributed by atoms with Crippen LogP contribution in [-0.2, 0) is 9.53 Å². The quantitative estimate of drug-likeness (QED) is 0.338. The van der Waals surface area contributed by atoms with Crippen molar-refractivity contribution in [3.8, 4) is 6.07 Å². The van der Waals surface area contributed by atoms with Gasteiger partial charge >= 0.3 is 0 Å². The van der Waals surface area contributed by atoms with Crippen LogP contribution in [0.5, 0.6) is 0 Å². The molecule has 0 bridgehead atoms. The molecule has 2 aromatic carbocycles. The normalized spacial score (nSPS) is 20.4.